The average Bonchev–Trinajstić information content (AvgIpc) is 2.76. The Labute approximate surface area is 174 Å². The molecule has 0 aliphatic heterocycles. The van der Waals surface area contributed by atoms with Crippen molar-refractivity contribution >= 4 is 5.96 Å². The van der Waals surface area contributed by atoms with Crippen LogP contribution in [-0.4, -0.2) is 47.4 Å². The van der Waals surface area contributed by atoms with E-state index in [1.807, 2.05) is 12.1 Å². The van der Waals surface area contributed by atoms with Gasteiger partial charge in [-0.25, -0.2) is 0 Å². The monoisotopic (exact) mass is 399 g/mol. The Morgan fingerprint density at radius 3 is 2.10 bits per heavy atom. The quantitative estimate of drug-likeness (QED) is 0.364. The normalized spacial score (nSPS) is 11.1. The molecule has 6 heteroatoms. The summed E-state index contributed by atoms with van der Waals surface area (Å²) in [4.78, 5) is 4.29. The van der Waals surface area contributed by atoms with Crippen LogP contribution in [0.1, 0.15) is 23.1 Å². The van der Waals surface area contributed by atoms with Gasteiger partial charge in [-0.15, -0.1) is 0 Å². The Balaban J connectivity index is 1.72. The van der Waals surface area contributed by atoms with E-state index in [1.165, 1.54) is 11.1 Å². The van der Waals surface area contributed by atoms with Gasteiger partial charge in [0, 0.05) is 20.1 Å². The van der Waals surface area contributed by atoms with Crippen LogP contribution in [0.2, 0.25) is 0 Å². The highest BCUT2D eigenvalue weighted by atomic mass is 16.5. The number of aryl methyl sites for hydroxylation is 2. The lowest BCUT2D eigenvalue weighted by Gasteiger charge is -2.13. The van der Waals surface area contributed by atoms with Crippen LogP contribution in [0.5, 0.6) is 17.2 Å². The molecular formula is C23H33N3O3. The SMILES string of the molecule is CN=C(NCCCc1ccc(OC)c(OC)c1)NCCc1ccc(C)c(OC)c1. The minimum atomic E-state index is 0.755. The molecule has 0 fully saturated rings. The van der Waals surface area contributed by atoms with Gasteiger partial charge in [0.2, 0.25) is 0 Å². The lowest BCUT2D eigenvalue weighted by molar-refractivity contribution is 0.354. The molecule has 0 saturated carbocycles. The molecule has 0 spiro atoms. The molecular weight excluding hydrogens is 366 g/mol. The summed E-state index contributed by atoms with van der Waals surface area (Å²) in [5.41, 5.74) is 3.61. The minimum Gasteiger partial charge on any atom is -0.496 e. The predicted molar refractivity (Wildman–Crippen MR) is 119 cm³/mol. The van der Waals surface area contributed by atoms with E-state index in [1.54, 1.807) is 28.4 Å². The molecule has 0 amide bonds. The molecule has 0 unspecified atom stereocenters. The molecule has 158 valence electrons. The van der Waals surface area contributed by atoms with Crippen molar-refractivity contribution in [3.8, 4) is 17.2 Å². The van der Waals surface area contributed by atoms with Crippen LogP contribution in [0.3, 0.4) is 0 Å². The number of ether oxygens (including phenoxy) is 3. The van der Waals surface area contributed by atoms with E-state index in [9.17, 15) is 0 Å². The second-order valence-corrected chi connectivity index (χ2v) is 6.77. The van der Waals surface area contributed by atoms with Gasteiger partial charge in [0.15, 0.2) is 17.5 Å². The zero-order chi connectivity index (χ0) is 21.1. The summed E-state index contributed by atoms with van der Waals surface area (Å²) < 4.78 is 16.0. The second kappa shape index (κ2) is 11.8. The summed E-state index contributed by atoms with van der Waals surface area (Å²) in [5.74, 6) is 3.27. The summed E-state index contributed by atoms with van der Waals surface area (Å²) in [6, 6.07) is 12.4. The standard InChI is InChI=1S/C23H33N3O3/c1-17-8-9-19(15-21(17)28-4)12-14-26-23(24-2)25-13-6-7-18-10-11-20(27-3)22(16-18)29-5/h8-11,15-16H,6-7,12-14H2,1-5H3,(H2,24,25,26). The third-order valence-corrected chi connectivity index (χ3v) is 4.78. The third kappa shape index (κ3) is 6.89. The molecule has 0 aliphatic rings. The van der Waals surface area contributed by atoms with Crippen molar-refractivity contribution in [2.75, 3.05) is 41.5 Å². The summed E-state index contributed by atoms with van der Waals surface area (Å²) in [5, 5.41) is 6.73. The smallest absolute Gasteiger partial charge is 0.190 e. The highest BCUT2D eigenvalue weighted by molar-refractivity contribution is 5.79. The molecule has 2 rings (SSSR count). The minimum absolute atomic E-state index is 0.755. The number of guanidine groups is 1. The number of nitrogens with zero attached hydrogens (tertiary/aromatic N) is 1. The van der Waals surface area contributed by atoms with Gasteiger partial charge < -0.3 is 24.8 Å². The molecule has 0 heterocycles. The highest BCUT2D eigenvalue weighted by Crippen LogP contribution is 2.27. The maximum atomic E-state index is 5.39. The van der Waals surface area contributed by atoms with E-state index in [2.05, 4.69) is 46.8 Å². The van der Waals surface area contributed by atoms with Gasteiger partial charge in [0.25, 0.3) is 0 Å². The van der Waals surface area contributed by atoms with E-state index >= 15 is 0 Å². The van der Waals surface area contributed by atoms with Crippen LogP contribution in [0.25, 0.3) is 0 Å². The molecule has 0 aliphatic carbocycles. The fraction of sp³-hybridized carbons (Fsp3) is 0.435. The molecule has 2 aromatic carbocycles. The average molecular weight is 400 g/mol. The van der Waals surface area contributed by atoms with Crippen molar-refractivity contribution in [3.05, 3.63) is 53.1 Å². The van der Waals surface area contributed by atoms with Gasteiger partial charge in [-0.3, -0.25) is 4.99 Å². The molecule has 2 N–H and O–H groups in total. The number of hydrogen-bond donors (Lipinski definition) is 2. The maximum Gasteiger partial charge on any atom is 0.190 e. The molecule has 0 saturated heterocycles. The second-order valence-electron chi connectivity index (χ2n) is 6.77. The van der Waals surface area contributed by atoms with E-state index in [0.717, 1.165) is 61.1 Å². The van der Waals surface area contributed by atoms with Crippen molar-refractivity contribution in [1.82, 2.24) is 10.6 Å². The van der Waals surface area contributed by atoms with Gasteiger partial charge in [0.1, 0.15) is 5.75 Å². The number of benzene rings is 2. The number of nitrogens with one attached hydrogen (secondary N) is 2. The number of rotatable bonds is 10. The molecule has 6 nitrogen and oxygen atoms in total. The van der Waals surface area contributed by atoms with Gasteiger partial charge in [-0.05, 0) is 61.1 Å². The zero-order valence-corrected chi connectivity index (χ0v) is 18.2. The van der Waals surface area contributed by atoms with Crippen LogP contribution < -0.4 is 24.8 Å². The van der Waals surface area contributed by atoms with Crippen molar-refractivity contribution in [1.29, 1.82) is 0 Å². The Morgan fingerprint density at radius 1 is 0.793 bits per heavy atom. The van der Waals surface area contributed by atoms with Gasteiger partial charge >= 0.3 is 0 Å². The molecule has 0 atom stereocenters. The lowest BCUT2D eigenvalue weighted by atomic mass is 10.1. The van der Waals surface area contributed by atoms with E-state index < -0.39 is 0 Å². The van der Waals surface area contributed by atoms with E-state index in [0.29, 0.717) is 0 Å². The first-order valence-corrected chi connectivity index (χ1v) is 9.90. The fourth-order valence-corrected chi connectivity index (χ4v) is 3.10. The maximum absolute atomic E-state index is 5.39. The van der Waals surface area contributed by atoms with Crippen LogP contribution in [0.4, 0.5) is 0 Å². The van der Waals surface area contributed by atoms with Gasteiger partial charge in [0.05, 0.1) is 21.3 Å². The number of hydrogen-bond acceptors (Lipinski definition) is 4. The first-order chi connectivity index (χ1) is 14.1. The summed E-state index contributed by atoms with van der Waals surface area (Å²) in [6.45, 7) is 3.70. The fourth-order valence-electron chi connectivity index (χ4n) is 3.10. The van der Waals surface area contributed by atoms with Crippen molar-refractivity contribution in [3.63, 3.8) is 0 Å². The Bertz CT molecular complexity index is 806. The Morgan fingerprint density at radius 2 is 1.41 bits per heavy atom. The number of methoxy groups -OCH3 is 3. The molecule has 29 heavy (non-hydrogen) atoms. The zero-order valence-electron chi connectivity index (χ0n) is 18.2. The highest BCUT2D eigenvalue weighted by Gasteiger charge is 2.05. The van der Waals surface area contributed by atoms with E-state index in [4.69, 9.17) is 14.2 Å². The molecule has 0 bridgehead atoms. The van der Waals surface area contributed by atoms with E-state index in [-0.39, 0.29) is 0 Å². The molecule has 2 aromatic rings. The van der Waals surface area contributed by atoms with Crippen molar-refractivity contribution in [2.45, 2.75) is 26.2 Å². The van der Waals surface area contributed by atoms with Gasteiger partial charge in [-0.1, -0.05) is 18.2 Å². The molecule has 0 radical (unpaired) electrons. The first kappa shape index (κ1) is 22.4. The largest absolute Gasteiger partial charge is 0.496 e. The van der Waals surface area contributed by atoms with Crippen LogP contribution in [-0.2, 0) is 12.8 Å². The summed E-state index contributed by atoms with van der Waals surface area (Å²) in [6.07, 6.45) is 2.85. The van der Waals surface area contributed by atoms with Crippen LogP contribution >= 0.6 is 0 Å². The number of aliphatic imine (C=N–C) groups is 1. The molecule has 0 aromatic heterocycles. The summed E-state index contributed by atoms with van der Waals surface area (Å²) in [7, 11) is 6.80. The predicted octanol–water partition coefficient (Wildman–Crippen LogP) is 3.36. The van der Waals surface area contributed by atoms with Crippen molar-refractivity contribution < 1.29 is 14.2 Å². The third-order valence-electron chi connectivity index (χ3n) is 4.78. The van der Waals surface area contributed by atoms with Crippen LogP contribution in [0, 0.1) is 6.92 Å². The topological polar surface area (TPSA) is 64.1 Å². The van der Waals surface area contributed by atoms with Crippen molar-refractivity contribution in [2.24, 2.45) is 4.99 Å². The first-order valence-electron chi connectivity index (χ1n) is 9.90. The van der Waals surface area contributed by atoms with Gasteiger partial charge in [-0.2, -0.15) is 0 Å². The summed E-state index contributed by atoms with van der Waals surface area (Å²) >= 11 is 0. The Hall–Kier alpha value is -2.89. The lowest BCUT2D eigenvalue weighted by Crippen LogP contribution is -2.38. The van der Waals surface area contributed by atoms with Crippen LogP contribution in [0.15, 0.2) is 41.4 Å². The Kier molecular flexibility index (Phi) is 9.15.